The van der Waals surface area contributed by atoms with Gasteiger partial charge in [-0.2, -0.15) is 0 Å². The lowest BCUT2D eigenvalue weighted by atomic mass is 10.0. The summed E-state index contributed by atoms with van der Waals surface area (Å²) in [7, 11) is 0. The smallest absolute Gasteiger partial charge is 0.226 e. The summed E-state index contributed by atoms with van der Waals surface area (Å²) in [6, 6.07) is 4.21. The Bertz CT molecular complexity index is 506. The molecule has 3 aliphatic rings. The third kappa shape index (κ3) is 2.35. The van der Waals surface area contributed by atoms with E-state index in [4.69, 9.17) is 0 Å². The Kier molecular flexibility index (Phi) is 3.42. The van der Waals surface area contributed by atoms with Gasteiger partial charge in [0.15, 0.2) is 0 Å². The molecule has 4 nitrogen and oxygen atoms in total. The average Bonchev–Trinajstić information content (AvgIpc) is 3.29. The van der Waals surface area contributed by atoms with Crippen molar-refractivity contribution in [2.24, 2.45) is 17.8 Å². The van der Waals surface area contributed by atoms with Crippen LogP contribution < -0.4 is 5.32 Å². The van der Waals surface area contributed by atoms with Crippen molar-refractivity contribution < 1.29 is 4.79 Å². The lowest BCUT2D eigenvalue weighted by molar-refractivity contribution is -0.136. The minimum absolute atomic E-state index is 0.155. The summed E-state index contributed by atoms with van der Waals surface area (Å²) in [5, 5.41) is 3.42. The van der Waals surface area contributed by atoms with Crippen molar-refractivity contribution in [2.75, 3.05) is 19.6 Å². The predicted molar refractivity (Wildman–Crippen MR) is 80.5 cm³/mol. The van der Waals surface area contributed by atoms with Gasteiger partial charge in [-0.05, 0) is 36.3 Å². The Hall–Kier alpha value is -1.42. The summed E-state index contributed by atoms with van der Waals surface area (Å²) in [4.78, 5) is 19.3. The molecule has 1 saturated heterocycles. The molecule has 4 heteroatoms. The fraction of sp³-hybridized carbons (Fsp3) is 0.647. The lowest BCUT2D eigenvalue weighted by Crippen LogP contribution is -2.49. The van der Waals surface area contributed by atoms with Crippen molar-refractivity contribution in [1.82, 2.24) is 15.2 Å². The third-order valence-corrected chi connectivity index (χ3v) is 5.54. The maximum atomic E-state index is 13.0. The van der Waals surface area contributed by atoms with Crippen LogP contribution in [0.25, 0.3) is 0 Å². The molecule has 21 heavy (non-hydrogen) atoms. The van der Waals surface area contributed by atoms with Crippen LogP contribution in [0.2, 0.25) is 0 Å². The number of nitrogens with one attached hydrogen (secondary N) is 1. The van der Waals surface area contributed by atoms with Gasteiger partial charge in [-0.3, -0.25) is 9.78 Å². The summed E-state index contributed by atoms with van der Waals surface area (Å²) in [6.45, 7) is 2.58. The molecule has 1 aromatic rings. The van der Waals surface area contributed by atoms with Gasteiger partial charge in [-0.1, -0.05) is 18.9 Å². The van der Waals surface area contributed by atoms with Gasteiger partial charge in [0.2, 0.25) is 5.91 Å². The van der Waals surface area contributed by atoms with Gasteiger partial charge in [0.1, 0.15) is 0 Å². The maximum absolute atomic E-state index is 13.0. The number of rotatable bonds is 2. The zero-order valence-corrected chi connectivity index (χ0v) is 12.4. The van der Waals surface area contributed by atoms with Crippen LogP contribution in [0.15, 0.2) is 24.5 Å². The number of hydrogen-bond donors (Lipinski definition) is 1. The Morgan fingerprint density at radius 1 is 1.29 bits per heavy atom. The van der Waals surface area contributed by atoms with Crippen molar-refractivity contribution in [2.45, 2.75) is 31.7 Å². The highest BCUT2D eigenvalue weighted by Gasteiger charge is 2.56. The Morgan fingerprint density at radius 3 is 2.81 bits per heavy atom. The number of aromatic nitrogens is 1. The van der Waals surface area contributed by atoms with Crippen LogP contribution in [0.1, 0.15) is 37.3 Å². The van der Waals surface area contributed by atoms with Crippen LogP contribution in [-0.2, 0) is 4.79 Å². The van der Waals surface area contributed by atoms with Gasteiger partial charge < -0.3 is 10.2 Å². The second-order valence-electron chi connectivity index (χ2n) is 6.68. The van der Waals surface area contributed by atoms with E-state index in [0.29, 0.717) is 23.7 Å². The highest BCUT2D eigenvalue weighted by atomic mass is 16.2. The number of hydrogen-bond acceptors (Lipinski definition) is 3. The Labute approximate surface area is 125 Å². The standard InChI is InChI=1S/C17H23N3O/c21-17(16-13-5-1-2-6-14(13)16)20-9-8-19-11-15(20)12-4-3-7-18-10-12/h3-4,7,10,13-16,19H,1-2,5-6,8-9,11H2. The number of piperazine rings is 1. The van der Waals surface area contributed by atoms with Crippen molar-refractivity contribution in [3.05, 3.63) is 30.1 Å². The third-order valence-electron chi connectivity index (χ3n) is 5.54. The summed E-state index contributed by atoms with van der Waals surface area (Å²) >= 11 is 0. The van der Waals surface area contributed by atoms with Crippen LogP contribution >= 0.6 is 0 Å². The number of nitrogens with zero attached hydrogens (tertiary/aromatic N) is 2. The molecule has 0 bridgehead atoms. The van der Waals surface area contributed by atoms with Gasteiger partial charge in [-0.15, -0.1) is 0 Å². The van der Waals surface area contributed by atoms with E-state index in [2.05, 4.69) is 21.3 Å². The number of pyridine rings is 1. The normalized spacial score (nSPS) is 35.1. The molecule has 2 aliphatic carbocycles. The first kappa shape index (κ1) is 13.3. The summed E-state index contributed by atoms with van der Waals surface area (Å²) in [5.74, 6) is 2.11. The van der Waals surface area contributed by atoms with Gasteiger partial charge in [0, 0.05) is 37.9 Å². The molecule has 3 unspecified atom stereocenters. The minimum atomic E-state index is 0.155. The van der Waals surface area contributed by atoms with Gasteiger partial charge in [0.05, 0.1) is 6.04 Å². The molecule has 3 atom stereocenters. The average molecular weight is 285 g/mol. The molecule has 2 saturated carbocycles. The van der Waals surface area contributed by atoms with Crippen molar-refractivity contribution >= 4 is 5.91 Å². The van der Waals surface area contributed by atoms with E-state index < -0.39 is 0 Å². The van der Waals surface area contributed by atoms with Crippen LogP contribution in [0, 0.1) is 17.8 Å². The molecule has 1 N–H and O–H groups in total. The molecule has 1 amide bonds. The first-order chi connectivity index (χ1) is 10.4. The zero-order valence-electron chi connectivity index (χ0n) is 12.4. The van der Waals surface area contributed by atoms with E-state index in [1.54, 1.807) is 6.20 Å². The van der Waals surface area contributed by atoms with Crippen molar-refractivity contribution in [3.63, 3.8) is 0 Å². The monoisotopic (exact) mass is 285 g/mol. The van der Waals surface area contributed by atoms with Crippen LogP contribution in [0.3, 0.4) is 0 Å². The molecular weight excluding hydrogens is 262 g/mol. The van der Waals surface area contributed by atoms with Crippen molar-refractivity contribution in [3.8, 4) is 0 Å². The van der Waals surface area contributed by atoms with Gasteiger partial charge >= 0.3 is 0 Å². The molecule has 0 spiro atoms. The van der Waals surface area contributed by atoms with E-state index in [0.717, 1.165) is 25.2 Å². The highest BCUT2D eigenvalue weighted by Crippen LogP contribution is 2.56. The molecule has 112 valence electrons. The van der Waals surface area contributed by atoms with Gasteiger partial charge in [0.25, 0.3) is 0 Å². The minimum Gasteiger partial charge on any atom is -0.333 e. The number of amides is 1. The molecule has 4 rings (SSSR count). The van der Waals surface area contributed by atoms with Crippen LogP contribution in [0.5, 0.6) is 0 Å². The fourth-order valence-corrected chi connectivity index (χ4v) is 4.39. The summed E-state index contributed by atoms with van der Waals surface area (Å²) in [5.41, 5.74) is 1.15. The quantitative estimate of drug-likeness (QED) is 0.904. The molecule has 2 heterocycles. The van der Waals surface area contributed by atoms with Crippen LogP contribution in [0.4, 0.5) is 0 Å². The molecule has 3 fully saturated rings. The van der Waals surface area contributed by atoms with Gasteiger partial charge in [-0.25, -0.2) is 0 Å². The highest BCUT2D eigenvalue weighted by molar-refractivity contribution is 5.83. The predicted octanol–water partition coefficient (Wildman–Crippen LogP) is 1.99. The molecule has 0 aromatic carbocycles. The first-order valence-corrected chi connectivity index (χ1v) is 8.27. The Morgan fingerprint density at radius 2 is 2.10 bits per heavy atom. The van der Waals surface area contributed by atoms with Crippen LogP contribution in [-0.4, -0.2) is 35.4 Å². The Balaban J connectivity index is 1.53. The van der Waals surface area contributed by atoms with E-state index in [-0.39, 0.29) is 6.04 Å². The maximum Gasteiger partial charge on any atom is 0.226 e. The van der Waals surface area contributed by atoms with E-state index in [1.165, 1.54) is 25.7 Å². The van der Waals surface area contributed by atoms with E-state index in [1.807, 2.05) is 12.3 Å². The molecule has 0 radical (unpaired) electrons. The largest absolute Gasteiger partial charge is 0.333 e. The second kappa shape index (κ2) is 5.41. The topological polar surface area (TPSA) is 45.2 Å². The fourth-order valence-electron chi connectivity index (χ4n) is 4.39. The molecule has 1 aromatic heterocycles. The van der Waals surface area contributed by atoms with Crippen molar-refractivity contribution in [1.29, 1.82) is 0 Å². The summed E-state index contributed by atoms with van der Waals surface area (Å²) in [6.07, 6.45) is 8.87. The summed E-state index contributed by atoms with van der Waals surface area (Å²) < 4.78 is 0. The van der Waals surface area contributed by atoms with E-state index >= 15 is 0 Å². The molecular formula is C17H23N3O. The first-order valence-electron chi connectivity index (χ1n) is 8.27. The molecule has 1 aliphatic heterocycles. The van der Waals surface area contributed by atoms with E-state index in [9.17, 15) is 4.79 Å². The number of carbonyl (C=O) groups is 1. The second-order valence-corrected chi connectivity index (χ2v) is 6.68. The number of fused-ring (bicyclic) bond motifs is 1. The lowest BCUT2D eigenvalue weighted by Gasteiger charge is -2.36. The SMILES string of the molecule is O=C(C1C2CCCCC21)N1CCNCC1c1cccnc1. The number of carbonyl (C=O) groups excluding carboxylic acids is 1. The zero-order chi connectivity index (χ0) is 14.2.